The van der Waals surface area contributed by atoms with Gasteiger partial charge in [0.25, 0.3) is 0 Å². The molecule has 6 aromatic carbocycles. The lowest BCUT2D eigenvalue weighted by Gasteiger charge is -2.46. The molecule has 9 aromatic rings. The van der Waals surface area contributed by atoms with Gasteiger partial charge in [0.15, 0.2) is 23.1 Å². The van der Waals surface area contributed by atoms with Crippen molar-refractivity contribution in [2.24, 2.45) is 11.3 Å². The van der Waals surface area contributed by atoms with Crippen LogP contribution in [0.25, 0.3) is 72.8 Å². The number of oxazole rings is 1. The van der Waals surface area contributed by atoms with Crippen molar-refractivity contribution in [3.63, 3.8) is 0 Å². The molecule has 0 spiro atoms. The largest absolute Gasteiger partial charge is 0.455 e. The van der Waals surface area contributed by atoms with Crippen molar-refractivity contribution in [1.29, 1.82) is 0 Å². The Hall–Kier alpha value is -7.44. The molecule has 0 saturated heterocycles. The highest BCUT2D eigenvalue weighted by molar-refractivity contribution is 6.14. The third-order valence-electron chi connectivity index (χ3n) is 13.2. The minimum absolute atomic E-state index is 0.227. The van der Waals surface area contributed by atoms with Crippen molar-refractivity contribution < 1.29 is 8.83 Å². The third kappa shape index (κ3) is 5.21. The van der Waals surface area contributed by atoms with E-state index in [4.69, 9.17) is 28.8 Å². The minimum Gasteiger partial charge on any atom is -0.455 e. The average molecular weight is 789 g/mol. The van der Waals surface area contributed by atoms with Crippen LogP contribution in [0.3, 0.4) is 0 Å². The molecular formula is C55H40N4O2. The Balaban J connectivity index is 1.12. The van der Waals surface area contributed by atoms with Crippen LogP contribution in [0.4, 0.5) is 0 Å². The molecule has 0 radical (unpaired) electrons. The molecule has 6 nitrogen and oxygen atoms in total. The van der Waals surface area contributed by atoms with Crippen molar-refractivity contribution in [1.82, 2.24) is 19.9 Å². The molecular weight excluding hydrogens is 749 g/mol. The van der Waals surface area contributed by atoms with Crippen molar-refractivity contribution in [3.8, 4) is 34.2 Å². The van der Waals surface area contributed by atoms with Crippen molar-refractivity contribution in [3.05, 3.63) is 210 Å². The van der Waals surface area contributed by atoms with Gasteiger partial charge in [0, 0.05) is 32.9 Å². The highest BCUT2D eigenvalue weighted by Crippen LogP contribution is 2.69. The number of allylic oxidation sites excluding steroid dienone is 8. The van der Waals surface area contributed by atoms with E-state index < -0.39 is 5.41 Å². The first-order valence-corrected chi connectivity index (χ1v) is 21.1. The molecule has 6 heteroatoms. The summed E-state index contributed by atoms with van der Waals surface area (Å²) in [5, 5.41) is 1.87. The molecule has 1 fully saturated rings. The van der Waals surface area contributed by atoms with Crippen LogP contribution in [-0.4, -0.2) is 19.9 Å². The van der Waals surface area contributed by atoms with Gasteiger partial charge in [-0.2, -0.15) is 0 Å². The fourth-order valence-corrected chi connectivity index (χ4v) is 10.6. The van der Waals surface area contributed by atoms with Gasteiger partial charge < -0.3 is 8.83 Å². The van der Waals surface area contributed by atoms with Gasteiger partial charge in [0.2, 0.25) is 5.89 Å². The summed E-state index contributed by atoms with van der Waals surface area (Å²) in [6.07, 6.45) is 11.1. The third-order valence-corrected chi connectivity index (χ3v) is 13.2. The highest BCUT2D eigenvalue weighted by atomic mass is 16.4. The molecule has 61 heavy (non-hydrogen) atoms. The summed E-state index contributed by atoms with van der Waals surface area (Å²) in [5.74, 6) is 2.66. The van der Waals surface area contributed by atoms with Gasteiger partial charge in [-0.25, -0.2) is 19.9 Å². The first-order valence-electron chi connectivity index (χ1n) is 21.1. The molecule has 0 amide bonds. The number of hydrogen-bond donors (Lipinski definition) is 0. The SMILES string of the molecule is CC1C=C2C(=C(c3nc(-c4ccccc4)nc(-c4cccc5oc6c(-c7nc8ccccc8o7)cccc6c45)n3)C1)C1=CC=CCC1(C)C2(c1ccccc1)c1ccccc1. The molecule has 3 aliphatic rings. The van der Waals surface area contributed by atoms with E-state index in [1.807, 2.05) is 66.7 Å². The molecule has 2 atom stereocenters. The van der Waals surface area contributed by atoms with Crippen LogP contribution in [-0.2, 0) is 5.41 Å². The number of furan rings is 1. The Morgan fingerprint density at radius 1 is 0.590 bits per heavy atom. The maximum atomic E-state index is 6.70. The van der Waals surface area contributed by atoms with Crippen LogP contribution < -0.4 is 0 Å². The van der Waals surface area contributed by atoms with Gasteiger partial charge in [-0.1, -0.05) is 166 Å². The number of aromatic nitrogens is 4. The van der Waals surface area contributed by atoms with Gasteiger partial charge in [0.05, 0.1) is 11.0 Å². The topological polar surface area (TPSA) is 77.8 Å². The highest BCUT2D eigenvalue weighted by Gasteiger charge is 2.62. The van der Waals surface area contributed by atoms with Gasteiger partial charge >= 0.3 is 0 Å². The lowest BCUT2D eigenvalue weighted by Crippen LogP contribution is -2.43. The summed E-state index contributed by atoms with van der Waals surface area (Å²) in [6, 6.07) is 52.6. The van der Waals surface area contributed by atoms with Gasteiger partial charge in [-0.3, -0.25) is 0 Å². The first kappa shape index (κ1) is 35.5. The number of para-hydroxylation sites is 3. The van der Waals surface area contributed by atoms with E-state index >= 15 is 0 Å². The van der Waals surface area contributed by atoms with E-state index in [0.717, 1.165) is 62.6 Å². The number of hydrogen-bond acceptors (Lipinski definition) is 6. The zero-order valence-corrected chi connectivity index (χ0v) is 33.8. The summed E-state index contributed by atoms with van der Waals surface area (Å²) in [6.45, 7) is 4.79. The summed E-state index contributed by atoms with van der Waals surface area (Å²) in [5.41, 5.74) is 12.5. The molecule has 2 unspecified atom stereocenters. The summed E-state index contributed by atoms with van der Waals surface area (Å²) < 4.78 is 13.0. The second-order valence-corrected chi connectivity index (χ2v) is 16.8. The lowest BCUT2D eigenvalue weighted by molar-refractivity contribution is 0.295. The Morgan fingerprint density at radius 2 is 1.25 bits per heavy atom. The van der Waals surface area contributed by atoms with E-state index in [9.17, 15) is 0 Å². The molecule has 1 saturated carbocycles. The molecule has 292 valence electrons. The van der Waals surface area contributed by atoms with Crippen molar-refractivity contribution in [2.75, 3.05) is 0 Å². The fourth-order valence-electron chi connectivity index (χ4n) is 10.6. The second kappa shape index (κ2) is 13.5. The monoisotopic (exact) mass is 788 g/mol. The Labute approximate surface area is 353 Å². The van der Waals surface area contributed by atoms with Gasteiger partial charge in [0.1, 0.15) is 16.7 Å². The Morgan fingerprint density at radius 3 is 2.02 bits per heavy atom. The molecule has 3 aliphatic carbocycles. The molecule has 3 aromatic heterocycles. The number of fused-ring (bicyclic) bond motifs is 7. The Kier molecular flexibility index (Phi) is 7.88. The van der Waals surface area contributed by atoms with Crippen LogP contribution in [0.5, 0.6) is 0 Å². The van der Waals surface area contributed by atoms with Crippen LogP contribution in [0.2, 0.25) is 0 Å². The zero-order valence-electron chi connectivity index (χ0n) is 33.8. The Bertz CT molecular complexity index is 3260. The second-order valence-electron chi connectivity index (χ2n) is 16.8. The van der Waals surface area contributed by atoms with Crippen molar-refractivity contribution >= 4 is 38.6 Å². The number of nitrogens with zero attached hydrogens (tertiary/aromatic N) is 4. The van der Waals surface area contributed by atoms with E-state index in [0.29, 0.717) is 28.9 Å². The standard InChI is InChI=1S/C55H40N4O2/c1-34-32-41(48-42-27-14-15-31-54(42,2)55(43(48)33-34,36-20-8-4-9-21-36)37-22-10-5-11-23-37)52-58-50(35-18-6-3-7-19-35)57-51(59-52)39-25-17-30-46-47(39)38-24-16-26-40(49(38)60-46)53-56-44-28-12-13-29-45(44)61-53/h3-30,33-34H,31-32H2,1-2H3. The van der Waals surface area contributed by atoms with E-state index in [2.05, 4.69) is 123 Å². The predicted octanol–water partition coefficient (Wildman–Crippen LogP) is 13.5. The smallest absolute Gasteiger partial charge is 0.231 e. The molecule has 3 heterocycles. The zero-order chi connectivity index (χ0) is 40.7. The summed E-state index contributed by atoms with van der Waals surface area (Å²) >= 11 is 0. The predicted molar refractivity (Wildman–Crippen MR) is 243 cm³/mol. The molecule has 0 bridgehead atoms. The van der Waals surface area contributed by atoms with Gasteiger partial charge in [-0.15, -0.1) is 0 Å². The van der Waals surface area contributed by atoms with Crippen LogP contribution in [0.15, 0.2) is 202 Å². The number of benzene rings is 6. The van der Waals surface area contributed by atoms with Crippen molar-refractivity contribution in [2.45, 2.75) is 32.1 Å². The van der Waals surface area contributed by atoms with Gasteiger partial charge in [-0.05, 0) is 70.9 Å². The quantitative estimate of drug-likeness (QED) is 0.167. The van der Waals surface area contributed by atoms with Crippen LogP contribution in [0.1, 0.15) is 43.6 Å². The summed E-state index contributed by atoms with van der Waals surface area (Å²) in [7, 11) is 0. The molecule has 0 aliphatic heterocycles. The number of rotatable bonds is 6. The van der Waals surface area contributed by atoms with Crippen LogP contribution in [0, 0.1) is 11.3 Å². The van der Waals surface area contributed by atoms with E-state index in [1.165, 1.54) is 27.8 Å². The maximum Gasteiger partial charge on any atom is 0.231 e. The normalized spacial score (nSPS) is 19.3. The minimum atomic E-state index is -0.451. The van der Waals surface area contributed by atoms with E-state index in [-0.39, 0.29) is 11.3 Å². The molecule has 12 rings (SSSR count). The molecule has 0 N–H and O–H groups in total. The first-order chi connectivity index (χ1) is 30.0. The maximum absolute atomic E-state index is 6.70. The fraction of sp³-hybridized carbons (Fsp3) is 0.127. The average Bonchev–Trinajstić information content (AvgIpc) is 3.99. The lowest BCUT2D eigenvalue weighted by atomic mass is 9.55. The summed E-state index contributed by atoms with van der Waals surface area (Å²) in [4.78, 5) is 21.0. The van der Waals surface area contributed by atoms with Crippen LogP contribution >= 0.6 is 0 Å². The van der Waals surface area contributed by atoms with E-state index in [1.54, 1.807) is 0 Å².